The summed E-state index contributed by atoms with van der Waals surface area (Å²) in [6.45, 7) is 0. The number of para-hydroxylation sites is 2. The highest BCUT2D eigenvalue weighted by Crippen LogP contribution is 2.34. The number of Topliss-reactive ketones (excluding diaryl/α,β-unsaturated/α-hetero) is 1. The molecule has 0 fully saturated rings. The van der Waals surface area contributed by atoms with Crippen LogP contribution in [0.15, 0.2) is 84.9 Å². The Balaban J connectivity index is 1.81. The average Bonchev–Trinajstić information content (AvgIpc) is 2.73. The molecule has 0 aliphatic heterocycles. The van der Waals surface area contributed by atoms with Crippen molar-refractivity contribution in [2.45, 2.75) is 25.7 Å². The van der Waals surface area contributed by atoms with E-state index in [1.165, 1.54) is 0 Å². The minimum atomic E-state index is 0.224. The van der Waals surface area contributed by atoms with E-state index in [-0.39, 0.29) is 5.78 Å². The molecule has 0 heterocycles. The predicted molar refractivity (Wildman–Crippen MR) is 118 cm³/mol. The number of nitrogens with zero attached hydrogens (tertiary/aromatic N) is 1. The van der Waals surface area contributed by atoms with Crippen molar-refractivity contribution in [1.29, 1.82) is 0 Å². The molecule has 0 amide bonds. The maximum absolute atomic E-state index is 12.4. The lowest BCUT2D eigenvalue weighted by atomic mass is 10.0. The van der Waals surface area contributed by atoms with Gasteiger partial charge in [0.15, 0.2) is 5.78 Å². The zero-order valence-electron chi connectivity index (χ0n) is 15.4. The average molecular weight is 422 g/mol. The topological polar surface area (TPSA) is 20.3 Å². The first-order valence-corrected chi connectivity index (χ1v) is 10.5. The number of halogens is 1. The number of ketones is 1. The largest absolute Gasteiger partial charge is 0.311 e. The zero-order valence-corrected chi connectivity index (χ0v) is 16.9. The molecule has 27 heavy (non-hydrogen) atoms. The number of hydrogen-bond donors (Lipinski definition) is 0. The van der Waals surface area contributed by atoms with Gasteiger partial charge in [0.2, 0.25) is 0 Å². The van der Waals surface area contributed by atoms with Crippen LogP contribution >= 0.6 is 15.9 Å². The smallest absolute Gasteiger partial charge is 0.162 e. The molecule has 0 saturated heterocycles. The summed E-state index contributed by atoms with van der Waals surface area (Å²) in [5.41, 5.74) is 4.03. The van der Waals surface area contributed by atoms with E-state index < -0.39 is 0 Å². The highest BCUT2D eigenvalue weighted by atomic mass is 79.9. The molecule has 3 aromatic carbocycles. The van der Waals surface area contributed by atoms with Crippen LogP contribution < -0.4 is 4.90 Å². The summed E-state index contributed by atoms with van der Waals surface area (Å²) in [5.74, 6) is 0.224. The van der Waals surface area contributed by atoms with Gasteiger partial charge in [-0.25, -0.2) is 0 Å². The summed E-state index contributed by atoms with van der Waals surface area (Å²) < 4.78 is 0. The second-order valence-corrected chi connectivity index (χ2v) is 7.27. The molecule has 0 saturated carbocycles. The van der Waals surface area contributed by atoms with Gasteiger partial charge in [-0.1, -0.05) is 58.7 Å². The first-order chi connectivity index (χ1) is 13.3. The molecule has 0 radical (unpaired) electrons. The Morgan fingerprint density at radius 3 is 1.70 bits per heavy atom. The van der Waals surface area contributed by atoms with E-state index in [0.29, 0.717) is 6.42 Å². The molecule has 3 aromatic rings. The van der Waals surface area contributed by atoms with Gasteiger partial charge in [0, 0.05) is 34.4 Å². The quantitative estimate of drug-likeness (QED) is 0.205. The van der Waals surface area contributed by atoms with Crippen LogP contribution in [0.4, 0.5) is 17.1 Å². The summed E-state index contributed by atoms with van der Waals surface area (Å²) in [5, 5.41) is 1.00. The van der Waals surface area contributed by atoms with E-state index in [9.17, 15) is 4.79 Å². The molecule has 0 spiro atoms. The molecule has 2 nitrogen and oxygen atoms in total. The standard InChI is InChI=1S/C24H24BrNO/c25-19-9-3-8-14-24(27)20-15-17-23(18-16-20)26(21-10-4-1-5-11-21)22-12-6-2-7-13-22/h1-2,4-7,10-13,15-18H,3,8-9,14,19H2. The SMILES string of the molecule is O=C(CCCCCBr)c1ccc(N(c2ccccc2)c2ccccc2)cc1. The molecule has 0 aliphatic carbocycles. The summed E-state index contributed by atoms with van der Waals surface area (Å²) in [7, 11) is 0. The van der Waals surface area contributed by atoms with Gasteiger partial charge >= 0.3 is 0 Å². The van der Waals surface area contributed by atoms with Gasteiger partial charge in [-0.05, 0) is 61.4 Å². The van der Waals surface area contributed by atoms with Crippen LogP contribution in [0.1, 0.15) is 36.0 Å². The molecule has 138 valence electrons. The summed E-state index contributed by atoms with van der Waals surface area (Å²) in [6, 6.07) is 28.5. The number of alkyl halides is 1. The van der Waals surface area contributed by atoms with Crippen molar-refractivity contribution in [3.8, 4) is 0 Å². The first-order valence-electron chi connectivity index (χ1n) is 9.39. The molecule has 0 unspecified atom stereocenters. The summed E-state index contributed by atoms with van der Waals surface area (Å²) in [6.07, 6.45) is 3.78. The van der Waals surface area contributed by atoms with Crippen molar-refractivity contribution in [3.05, 3.63) is 90.5 Å². The second-order valence-electron chi connectivity index (χ2n) is 6.48. The fourth-order valence-corrected chi connectivity index (χ4v) is 3.50. The molecule has 3 rings (SSSR count). The first kappa shape index (κ1) is 19.4. The van der Waals surface area contributed by atoms with Gasteiger partial charge < -0.3 is 4.90 Å². The number of rotatable bonds is 9. The third-order valence-electron chi connectivity index (χ3n) is 4.51. The number of benzene rings is 3. The van der Waals surface area contributed by atoms with Crippen LogP contribution in [0.3, 0.4) is 0 Å². The Labute approximate surface area is 170 Å². The minimum absolute atomic E-state index is 0.224. The number of carbonyl (C=O) groups excluding carboxylic acids is 1. The zero-order chi connectivity index (χ0) is 18.9. The van der Waals surface area contributed by atoms with Crippen LogP contribution in [0, 0.1) is 0 Å². The summed E-state index contributed by atoms with van der Waals surface area (Å²) in [4.78, 5) is 14.6. The maximum atomic E-state index is 12.4. The fraction of sp³-hybridized carbons (Fsp3) is 0.208. The Morgan fingerprint density at radius 1 is 0.667 bits per heavy atom. The lowest BCUT2D eigenvalue weighted by molar-refractivity contribution is 0.0979. The van der Waals surface area contributed by atoms with Crippen molar-refractivity contribution in [1.82, 2.24) is 0 Å². The van der Waals surface area contributed by atoms with Gasteiger partial charge in [-0.2, -0.15) is 0 Å². The van der Waals surface area contributed by atoms with Gasteiger partial charge in [0.1, 0.15) is 0 Å². The summed E-state index contributed by atoms with van der Waals surface area (Å²) >= 11 is 3.43. The van der Waals surface area contributed by atoms with Gasteiger partial charge in [-0.15, -0.1) is 0 Å². The van der Waals surface area contributed by atoms with Gasteiger partial charge in [-0.3, -0.25) is 4.79 Å². The van der Waals surface area contributed by atoms with Crippen molar-refractivity contribution in [2.75, 3.05) is 10.2 Å². The number of anilines is 3. The predicted octanol–water partition coefficient (Wildman–Crippen LogP) is 7.29. The molecular weight excluding hydrogens is 398 g/mol. The van der Waals surface area contributed by atoms with E-state index in [1.807, 2.05) is 60.7 Å². The number of hydrogen-bond acceptors (Lipinski definition) is 2. The van der Waals surface area contributed by atoms with Gasteiger partial charge in [0.05, 0.1) is 0 Å². The van der Waals surface area contributed by atoms with Crippen molar-refractivity contribution in [3.63, 3.8) is 0 Å². The molecule has 0 aliphatic rings. The fourth-order valence-electron chi connectivity index (χ4n) is 3.10. The lowest BCUT2D eigenvalue weighted by Gasteiger charge is -2.25. The van der Waals surface area contributed by atoms with Crippen LogP contribution in [-0.2, 0) is 0 Å². The Kier molecular flexibility index (Phi) is 7.23. The third-order valence-corrected chi connectivity index (χ3v) is 5.07. The Bertz CT molecular complexity index is 792. The Morgan fingerprint density at radius 2 is 1.19 bits per heavy atom. The number of unbranched alkanes of at least 4 members (excludes halogenated alkanes) is 2. The highest BCUT2D eigenvalue weighted by Gasteiger charge is 2.13. The third kappa shape index (κ3) is 5.30. The van der Waals surface area contributed by atoms with E-state index in [4.69, 9.17) is 0 Å². The normalized spacial score (nSPS) is 10.6. The molecule has 3 heteroatoms. The Hall–Kier alpha value is -2.39. The van der Waals surface area contributed by atoms with Crippen molar-refractivity contribution in [2.24, 2.45) is 0 Å². The highest BCUT2D eigenvalue weighted by molar-refractivity contribution is 9.09. The molecule has 0 atom stereocenters. The van der Waals surface area contributed by atoms with E-state index in [2.05, 4.69) is 45.1 Å². The maximum Gasteiger partial charge on any atom is 0.162 e. The molecule has 0 bridgehead atoms. The van der Waals surface area contributed by atoms with Crippen LogP contribution in [0.25, 0.3) is 0 Å². The second kappa shape index (κ2) is 10.1. The molecular formula is C24H24BrNO. The molecule has 0 aromatic heterocycles. The molecule has 0 N–H and O–H groups in total. The van der Waals surface area contributed by atoms with Gasteiger partial charge in [0.25, 0.3) is 0 Å². The minimum Gasteiger partial charge on any atom is -0.311 e. The lowest BCUT2D eigenvalue weighted by Crippen LogP contribution is -2.10. The van der Waals surface area contributed by atoms with Crippen LogP contribution in [-0.4, -0.2) is 11.1 Å². The van der Waals surface area contributed by atoms with E-state index >= 15 is 0 Å². The van der Waals surface area contributed by atoms with Crippen LogP contribution in [0.2, 0.25) is 0 Å². The van der Waals surface area contributed by atoms with Crippen LogP contribution in [0.5, 0.6) is 0 Å². The van der Waals surface area contributed by atoms with Crippen molar-refractivity contribution >= 4 is 38.8 Å². The monoisotopic (exact) mass is 421 g/mol. The van der Waals surface area contributed by atoms with Crippen molar-refractivity contribution < 1.29 is 4.79 Å². The van der Waals surface area contributed by atoms with E-state index in [1.54, 1.807) is 0 Å². The van der Waals surface area contributed by atoms with E-state index in [0.717, 1.165) is 47.2 Å². The number of carbonyl (C=O) groups is 1.